The van der Waals surface area contributed by atoms with Gasteiger partial charge in [-0.25, -0.2) is 0 Å². The fourth-order valence-electron chi connectivity index (χ4n) is 2.12. The van der Waals surface area contributed by atoms with Gasteiger partial charge in [0.25, 0.3) is 0 Å². The fourth-order valence-corrected chi connectivity index (χ4v) is 2.12. The smallest absolute Gasteiger partial charge is 0.238 e. The van der Waals surface area contributed by atoms with E-state index in [2.05, 4.69) is 28.1 Å². The van der Waals surface area contributed by atoms with E-state index in [0.29, 0.717) is 11.4 Å². The number of nitrogens with one attached hydrogen (secondary N) is 3. The van der Waals surface area contributed by atoms with Crippen LogP contribution >= 0.6 is 0 Å². The molecule has 0 saturated carbocycles. The quantitative estimate of drug-likeness (QED) is 0.688. The average molecular weight is 311 g/mol. The van der Waals surface area contributed by atoms with Gasteiger partial charge < -0.3 is 16.0 Å². The number of hydrogen-bond donors (Lipinski definition) is 3. The molecule has 5 nitrogen and oxygen atoms in total. The monoisotopic (exact) mass is 311 g/mol. The van der Waals surface area contributed by atoms with Gasteiger partial charge in [-0.1, -0.05) is 30.3 Å². The van der Waals surface area contributed by atoms with Gasteiger partial charge in [-0.3, -0.25) is 9.59 Å². The summed E-state index contributed by atoms with van der Waals surface area (Å²) in [5, 5.41) is 8.61. The van der Waals surface area contributed by atoms with Crippen molar-refractivity contribution in [2.24, 2.45) is 0 Å². The van der Waals surface area contributed by atoms with Crippen LogP contribution in [-0.4, -0.2) is 24.9 Å². The van der Waals surface area contributed by atoms with Gasteiger partial charge >= 0.3 is 0 Å². The molecule has 2 aromatic carbocycles. The van der Waals surface area contributed by atoms with E-state index >= 15 is 0 Å². The summed E-state index contributed by atoms with van der Waals surface area (Å²) in [6.07, 6.45) is 0.888. The van der Waals surface area contributed by atoms with Crippen LogP contribution in [0, 0.1) is 0 Å². The molecule has 0 aliphatic heterocycles. The van der Waals surface area contributed by atoms with Gasteiger partial charge in [0.1, 0.15) is 0 Å². The maximum absolute atomic E-state index is 11.8. The summed E-state index contributed by atoms with van der Waals surface area (Å²) in [6.45, 7) is 2.47. The first-order valence-electron chi connectivity index (χ1n) is 7.55. The fraction of sp³-hybridized carbons (Fsp3) is 0.222. The van der Waals surface area contributed by atoms with Crippen LogP contribution in [0.3, 0.4) is 0 Å². The lowest BCUT2D eigenvalue weighted by molar-refractivity contribution is -0.115. The van der Waals surface area contributed by atoms with E-state index in [1.807, 2.05) is 18.2 Å². The van der Waals surface area contributed by atoms with Crippen LogP contribution in [0.5, 0.6) is 0 Å². The van der Waals surface area contributed by atoms with Crippen molar-refractivity contribution in [1.29, 1.82) is 0 Å². The van der Waals surface area contributed by atoms with Crippen LogP contribution in [0.1, 0.15) is 12.5 Å². The molecule has 2 amide bonds. The molecule has 0 spiro atoms. The summed E-state index contributed by atoms with van der Waals surface area (Å²) < 4.78 is 0. The van der Waals surface area contributed by atoms with Gasteiger partial charge in [0.2, 0.25) is 11.8 Å². The summed E-state index contributed by atoms with van der Waals surface area (Å²) in [6, 6.07) is 17.2. The van der Waals surface area contributed by atoms with E-state index in [1.165, 1.54) is 12.5 Å². The first-order chi connectivity index (χ1) is 11.1. The summed E-state index contributed by atoms with van der Waals surface area (Å²) in [5.41, 5.74) is 2.65. The first-order valence-corrected chi connectivity index (χ1v) is 7.55. The maximum atomic E-state index is 11.8. The molecule has 3 N–H and O–H groups in total. The number of hydrogen-bond acceptors (Lipinski definition) is 3. The lowest BCUT2D eigenvalue weighted by Crippen LogP contribution is -2.29. The first kappa shape index (κ1) is 16.7. The Morgan fingerprint density at radius 1 is 0.870 bits per heavy atom. The highest BCUT2D eigenvalue weighted by molar-refractivity contribution is 5.93. The number of amides is 2. The second kappa shape index (κ2) is 8.70. The van der Waals surface area contributed by atoms with Gasteiger partial charge in [-0.15, -0.1) is 0 Å². The molecule has 0 aromatic heterocycles. The normalized spacial score (nSPS) is 10.1. The third kappa shape index (κ3) is 6.32. The van der Waals surface area contributed by atoms with Crippen molar-refractivity contribution in [2.45, 2.75) is 13.3 Å². The SMILES string of the molecule is CC(=O)Nc1ccc(NC(=O)CNCCc2ccccc2)cc1. The van der Waals surface area contributed by atoms with Crippen molar-refractivity contribution in [2.75, 3.05) is 23.7 Å². The van der Waals surface area contributed by atoms with Crippen LogP contribution < -0.4 is 16.0 Å². The highest BCUT2D eigenvalue weighted by Crippen LogP contribution is 2.13. The van der Waals surface area contributed by atoms with Gasteiger partial charge in [0.15, 0.2) is 0 Å². The molecule has 0 unspecified atom stereocenters. The molecule has 0 saturated heterocycles. The Morgan fingerprint density at radius 2 is 1.48 bits per heavy atom. The molecule has 5 heteroatoms. The minimum atomic E-state index is -0.121. The summed E-state index contributed by atoms with van der Waals surface area (Å²) in [4.78, 5) is 22.8. The van der Waals surface area contributed by atoms with Crippen molar-refractivity contribution < 1.29 is 9.59 Å². The van der Waals surface area contributed by atoms with Crippen LogP contribution in [0.2, 0.25) is 0 Å². The van der Waals surface area contributed by atoms with Crippen molar-refractivity contribution >= 4 is 23.2 Å². The van der Waals surface area contributed by atoms with E-state index in [9.17, 15) is 9.59 Å². The number of carbonyl (C=O) groups excluding carboxylic acids is 2. The van der Waals surface area contributed by atoms with E-state index < -0.39 is 0 Å². The Labute approximate surface area is 136 Å². The molecule has 0 radical (unpaired) electrons. The van der Waals surface area contributed by atoms with Crippen molar-refractivity contribution in [1.82, 2.24) is 5.32 Å². The number of rotatable bonds is 7. The zero-order valence-corrected chi connectivity index (χ0v) is 13.1. The second-order valence-corrected chi connectivity index (χ2v) is 5.22. The lowest BCUT2D eigenvalue weighted by Gasteiger charge is -2.08. The highest BCUT2D eigenvalue weighted by atomic mass is 16.2. The van der Waals surface area contributed by atoms with Crippen LogP contribution in [0.4, 0.5) is 11.4 Å². The van der Waals surface area contributed by atoms with E-state index in [-0.39, 0.29) is 18.4 Å². The number of anilines is 2. The van der Waals surface area contributed by atoms with E-state index in [0.717, 1.165) is 13.0 Å². The van der Waals surface area contributed by atoms with Crippen molar-refractivity contribution in [3.05, 3.63) is 60.2 Å². The molecule has 0 heterocycles. The minimum Gasteiger partial charge on any atom is -0.326 e. The molecule has 120 valence electrons. The lowest BCUT2D eigenvalue weighted by atomic mass is 10.1. The molecule has 0 atom stereocenters. The largest absolute Gasteiger partial charge is 0.326 e. The van der Waals surface area contributed by atoms with Crippen LogP contribution in [0.15, 0.2) is 54.6 Å². The van der Waals surface area contributed by atoms with Gasteiger partial charge in [0.05, 0.1) is 6.54 Å². The summed E-state index contributed by atoms with van der Waals surface area (Å²) in [7, 11) is 0. The van der Waals surface area contributed by atoms with Crippen molar-refractivity contribution in [3.63, 3.8) is 0 Å². The standard InChI is InChI=1S/C18H21N3O2/c1-14(22)20-16-7-9-17(10-8-16)21-18(23)13-19-12-11-15-5-3-2-4-6-15/h2-10,19H,11-13H2,1H3,(H,20,22)(H,21,23). The minimum absolute atomic E-state index is 0.0923. The molecule has 23 heavy (non-hydrogen) atoms. The molecular formula is C18H21N3O2. The molecule has 0 fully saturated rings. The highest BCUT2D eigenvalue weighted by Gasteiger charge is 2.02. The van der Waals surface area contributed by atoms with E-state index in [4.69, 9.17) is 0 Å². The Bertz CT molecular complexity index is 639. The third-order valence-corrected chi connectivity index (χ3v) is 3.21. The predicted molar refractivity (Wildman–Crippen MR) is 92.4 cm³/mol. The maximum Gasteiger partial charge on any atom is 0.238 e. The van der Waals surface area contributed by atoms with Gasteiger partial charge in [0, 0.05) is 18.3 Å². The number of benzene rings is 2. The second-order valence-electron chi connectivity index (χ2n) is 5.22. The summed E-state index contributed by atoms with van der Waals surface area (Å²) >= 11 is 0. The predicted octanol–water partition coefficient (Wildman–Crippen LogP) is 2.42. The van der Waals surface area contributed by atoms with Crippen LogP contribution in [-0.2, 0) is 16.0 Å². The Hall–Kier alpha value is -2.66. The van der Waals surface area contributed by atoms with Gasteiger partial charge in [-0.05, 0) is 42.8 Å². The zero-order valence-electron chi connectivity index (χ0n) is 13.1. The van der Waals surface area contributed by atoms with Crippen LogP contribution in [0.25, 0.3) is 0 Å². The van der Waals surface area contributed by atoms with Gasteiger partial charge in [-0.2, -0.15) is 0 Å². The molecule has 0 aliphatic carbocycles. The average Bonchev–Trinajstić information content (AvgIpc) is 2.54. The topological polar surface area (TPSA) is 70.2 Å². The third-order valence-electron chi connectivity index (χ3n) is 3.21. The molecule has 0 aliphatic rings. The zero-order chi connectivity index (χ0) is 16.5. The summed E-state index contributed by atoms with van der Waals surface area (Å²) in [5.74, 6) is -0.213. The van der Waals surface area contributed by atoms with E-state index in [1.54, 1.807) is 24.3 Å². The number of carbonyl (C=O) groups is 2. The Balaban J connectivity index is 1.69. The molecule has 2 rings (SSSR count). The van der Waals surface area contributed by atoms with Crippen molar-refractivity contribution in [3.8, 4) is 0 Å². The Morgan fingerprint density at radius 3 is 2.09 bits per heavy atom. The molecule has 0 bridgehead atoms. The molecule has 2 aromatic rings. The Kier molecular flexibility index (Phi) is 6.32. The molecular weight excluding hydrogens is 290 g/mol.